The smallest absolute Gasteiger partial charge is 0.666 e. The number of amides is 4. The van der Waals surface area contributed by atoms with Crippen molar-refractivity contribution in [3.63, 3.8) is 0 Å². The molecule has 8 nitrogen and oxygen atoms in total. The van der Waals surface area contributed by atoms with E-state index in [1.807, 2.05) is 364 Å². The van der Waals surface area contributed by atoms with E-state index >= 15 is 0 Å². The summed E-state index contributed by atoms with van der Waals surface area (Å²) >= 11 is 0. The molecule has 0 bridgehead atoms. The van der Waals surface area contributed by atoms with Crippen LogP contribution < -0.4 is 0 Å². The summed E-state index contributed by atoms with van der Waals surface area (Å²) in [6.45, 7) is 0. The zero-order chi connectivity index (χ0) is 61.7. The molecule has 446 valence electrons. The second kappa shape index (κ2) is 32.1. The van der Waals surface area contributed by atoms with Crippen molar-refractivity contribution in [3.05, 3.63) is 454 Å². The second-order valence-corrected chi connectivity index (χ2v) is 20.7. The Morgan fingerprint density at radius 1 is 0.156 bits per heavy atom. The van der Waals surface area contributed by atoms with E-state index in [0.717, 1.165) is 66.8 Å². The Bertz CT molecular complexity index is 3180. The molecule has 0 aliphatic heterocycles. The van der Waals surface area contributed by atoms with E-state index in [1.165, 1.54) is 0 Å². The van der Waals surface area contributed by atoms with Gasteiger partial charge in [-0.05, 0) is 66.8 Å². The van der Waals surface area contributed by atoms with Gasteiger partial charge in [-0.1, -0.05) is 364 Å². The Morgan fingerprint density at radius 3 is 0.278 bits per heavy atom. The average molecular weight is 1350 g/mol. The van der Waals surface area contributed by atoms with Gasteiger partial charge in [-0.15, -0.1) is 0 Å². The Labute approximate surface area is 553 Å². The summed E-state index contributed by atoms with van der Waals surface area (Å²) in [6, 6.07) is 114. The van der Waals surface area contributed by atoms with Gasteiger partial charge in [0.15, 0.2) is 0 Å². The maximum Gasteiger partial charge on any atom is 2.00 e. The molecule has 0 saturated heterocycles. The van der Waals surface area contributed by atoms with Crippen LogP contribution in [-0.4, -0.2) is 23.6 Å². The maximum atomic E-state index is 12.5. The topological polar surface area (TPSA) is 163 Å². The molecule has 0 atom stereocenters. The largest absolute Gasteiger partial charge is 2.00 e. The van der Waals surface area contributed by atoms with Crippen molar-refractivity contribution in [1.82, 2.24) is 0 Å². The molecular weight excluding hydrogens is 1290 g/mol. The van der Waals surface area contributed by atoms with Gasteiger partial charge in [0.25, 0.3) is 0 Å². The minimum atomic E-state index is -1.09. The van der Waals surface area contributed by atoms with Crippen LogP contribution >= 0.6 is 0 Å². The predicted octanol–water partition coefficient (Wildman–Crippen LogP) is 18.4. The molecule has 10 heteroatoms. The first kappa shape index (κ1) is 67.3. The fourth-order valence-corrected chi connectivity index (χ4v) is 11.8. The predicted molar refractivity (Wildman–Crippen MR) is 354 cm³/mol. The van der Waals surface area contributed by atoms with E-state index < -0.39 is 45.3 Å². The van der Waals surface area contributed by atoms with Gasteiger partial charge in [0.1, 0.15) is 0 Å². The van der Waals surface area contributed by atoms with E-state index in [1.54, 1.807) is 0 Å². The molecule has 0 aliphatic rings. The third kappa shape index (κ3) is 13.9. The summed E-state index contributed by atoms with van der Waals surface area (Å²) in [5.41, 5.74) is 37.6. The number of carbonyl (C=O) groups is 4. The summed E-state index contributed by atoms with van der Waals surface area (Å²) in [4.78, 5) is 50.1. The van der Waals surface area contributed by atoms with Crippen molar-refractivity contribution in [1.29, 1.82) is 0 Å². The normalized spacial score (nSPS) is 10.8. The molecule has 0 aliphatic carbocycles. The van der Waals surface area contributed by atoms with E-state index in [2.05, 4.69) is 0 Å². The van der Waals surface area contributed by atoms with Crippen LogP contribution in [-0.2, 0) is 79.8 Å². The fourth-order valence-electron chi connectivity index (χ4n) is 11.8. The molecule has 0 fully saturated rings. The van der Waals surface area contributed by atoms with Gasteiger partial charge < -0.3 is 42.1 Å². The summed E-state index contributed by atoms with van der Waals surface area (Å²) in [5.74, 6) is -2.51. The molecule has 0 heterocycles. The van der Waals surface area contributed by atoms with Crippen molar-refractivity contribution in [2.45, 2.75) is 21.7 Å². The van der Waals surface area contributed by atoms with E-state index in [4.69, 9.17) is 22.9 Å². The minimum absolute atomic E-state index is 0. The molecule has 12 rings (SSSR count). The maximum absolute atomic E-state index is 12.5. The number of benzene rings is 12. The molecule has 0 spiro atoms. The van der Waals surface area contributed by atoms with Gasteiger partial charge in [0.05, 0.1) is 45.3 Å². The van der Waals surface area contributed by atoms with Gasteiger partial charge in [0.2, 0.25) is 0 Å². The Hall–Kier alpha value is -10.2. The van der Waals surface area contributed by atoms with Crippen LogP contribution in [0.2, 0.25) is 0 Å². The first-order valence-electron chi connectivity index (χ1n) is 28.7. The van der Waals surface area contributed by atoms with Gasteiger partial charge in [0, 0.05) is 0 Å². The van der Waals surface area contributed by atoms with E-state index in [-0.39, 0.29) is 39.0 Å². The molecule has 4 amide bonds. The number of hydrogen-bond acceptors (Lipinski definition) is 4. The second-order valence-electron chi connectivity index (χ2n) is 20.7. The summed E-state index contributed by atoms with van der Waals surface area (Å²) in [7, 11) is 0. The van der Waals surface area contributed by atoms with Crippen LogP contribution in [0.15, 0.2) is 364 Å². The third-order valence-corrected chi connectivity index (χ3v) is 15.8. The van der Waals surface area contributed by atoms with Gasteiger partial charge in [-0.2, -0.15) is 0 Å². The molecule has 4 N–H and O–H groups in total. The monoisotopic (exact) mass is 1350 g/mol. The molecule has 2 radical (unpaired) electrons. The summed E-state index contributed by atoms with van der Waals surface area (Å²) in [6.07, 6.45) is 0. The van der Waals surface area contributed by atoms with Gasteiger partial charge >= 0.3 is 39.0 Å². The number of carbonyl (C=O) groups excluding carboxylic acids is 4. The van der Waals surface area contributed by atoms with Crippen LogP contribution in [0.4, 0.5) is 0 Å². The first-order valence-corrected chi connectivity index (χ1v) is 28.7. The number of nitrogens with one attached hydrogen (secondary N) is 4. The van der Waals surface area contributed by atoms with Crippen molar-refractivity contribution in [2.24, 2.45) is 0 Å². The van der Waals surface area contributed by atoms with E-state index in [0.29, 0.717) is 0 Å². The standard InChI is InChI=1S/4C20H17NO.2Rh/c4*21-19(22)20(16-10-4-1-5-11-16,17-12-6-2-7-13-17)18-14-8-3-9-15-18;;/h4*1-15H,(H2,21,22);;/q;;;;2*+2/p-4. The van der Waals surface area contributed by atoms with Crippen LogP contribution in [0, 0.1) is 0 Å². The molecule has 0 saturated carbocycles. The third-order valence-electron chi connectivity index (χ3n) is 15.8. The van der Waals surface area contributed by atoms with Crippen molar-refractivity contribution in [3.8, 4) is 0 Å². The number of rotatable bonds is 16. The molecule has 12 aromatic carbocycles. The Morgan fingerprint density at radius 2 is 0.222 bits per heavy atom. The quantitative estimate of drug-likeness (QED) is 0.0695. The molecular formula is C80H64N4O4Rh2. The van der Waals surface area contributed by atoms with Crippen molar-refractivity contribution in [2.75, 3.05) is 0 Å². The average Bonchev–Trinajstić information content (AvgIpc) is 1.84. The van der Waals surface area contributed by atoms with Crippen LogP contribution in [0.3, 0.4) is 0 Å². The van der Waals surface area contributed by atoms with Crippen molar-refractivity contribution < 1.29 is 58.1 Å². The number of hydrogen-bond donors (Lipinski definition) is 0. The molecule has 0 unspecified atom stereocenters. The SMILES string of the molecule is [NH-]C(=O)C(c1ccccc1)(c1ccccc1)c1ccccc1.[NH-]C(=O)C(c1ccccc1)(c1ccccc1)c1ccccc1.[NH-]C(=O)C(c1ccccc1)(c1ccccc1)c1ccccc1.[NH-]C(=O)C(c1ccccc1)(c1ccccc1)c1ccccc1.[Rh+2].[Rh+2]. The molecule has 12 aromatic rings. The van der Waals surface area contributed by atoms with Gasteiger partial charge in [-0.25, -0.2) is 0 Å². The van der Waals surface area contributed by atoms with Gasteiger partial charge in [-0.3, -0.25) is 0 Å². The first-order chi connectivity index (χ1) is 43.0. The van der Waals surface area contributed by atoms with Crippen LogP contribution in [0.1, 0.15) is 66.8 Å². The van der Waals surface area contributed by atoms with Crippen LogP contribution in [0.5, 0.6) is 0 Å². The van der Waals surface area contributed by atoms with Crippen molar-refractivity contribution >= 4 is 23.6 Å². The zero-order valence-electron chi connectivity index (χ0n) is 48.9. The summed E-state index contributed by atoms with van der Waals surface area (Å²) in [5, 5.41) is 0. The minimum Gasteiger partial charge on any atom is -0.666 e. The van der Waals surface area contributed by atoms with E-state index in [9.17, 15) is 19.2 Å². The molecule has 90 heavy (non-hydrogen) atoms. The summed E-state index contributed by atoms with van der Waals surface area (Å²) < 4.78 is 0. The Kier molecular flexibility index (Phi) is 24.0. The van der Waals surface area contributed by atoms with Crippen LogP contribution in [0.25, 0.3) is 22.9 Å². The Balaban J connectivity index is 0.000000169. The fraction of sp³-hybridized carbons (Fsp3) is 0.0500. The zero-order valence-corrected chi connectivity index (χ0v) is 52.2. The molecule has 0 aromatic heterocycles.